The summed E-state index contributed by atoms with van der Waals surface area (Å²) in [6, 6.07) is 0. The van der Waals surface area contributed by atoms with Crippen molar-refractivity contribution in [1.29, 1.82) is 0 Å². The highest BCUT2D eigenvalue weighted by Crippen LogP contribution is 2.72. The molecule has 4 heteroatoms. The molecular formula is C21H30O4. The van der Waals surface area contributed by atoms with Crippen LogP contribution in [0.4, 0.5) is 0 Å². The molecule has 4 fully saturated rings. The number of hydrogen-bond donors (Lipinski definition) is 1. The zero-order valence-corrected chi connectivity index (χ0v) is 15.6. The SMILES string of the molecule is CC(=O)O[C@@H]1CC[C@@]2(C)C(=CC[C@@H]3[C@H]4C[C@H]5O[C@@]5(O)[C@@]4(C)CC[C@@H]32)C1. The number of hydrogen-bond acceptors (Lipinski definition) is 4. The van der Waals surface area contributed by atoms with E-state index in [2.05, 4.69) is 19.9 Å². The van der Waals surface area contributed by atoms with Crippen molar-refractivity contribution in [2.75, 3.05) is 0 Å². The largest absolute Gasteiger partial charge is 0.462 e. The highest BCUT2D eigenvalue weighted by Gasteiger charge is 2.77. The van der Waals surface area contributed by atoms with Gasteiger partial charge in [0.1, 0.15) is 12.2 Å². The topological polar surface area (TPSA) is 59.1 Å². The van der Waals surface area contributed by atoms with Gasteiger partial charge < -0.3 is 14.6 Å². The van der Waals surface area contributed by atoms with E-state index < -0.39 is 5.79 Å². The molecule has 1 heterocycles. The molecule has 0 aromatic heterocycles. The quantitative estimate of drug-likeness (QED) is 0.448. The summed E-state index contributed by atoms with van der Waals surface area (Å²) in [5.74, 6) is 0.953. The summed E-state index contributed by atoms with van der Waals surface area (Å²) in [6.07, 6.45) is 10.0. The van der Waals surface area contributed by atoms with E-state index in [-0.39, 0.29) is 29.0 Å². The fraction of sp³-hybridized carbons (Fsp3) is 0.857. The Labute approximate surface area is 150 Å². The van der Waals surface area contributed by atoms with E-state index in [0.717, 1.165) is 38.5 Å². The first-order valence-corrected chi connectivity index (χ1v) is 10.0. The molecule has 4 aliphatic carbocycles. The maximum atomic E-state index is 11.3. The number of epoxide rings is 1. The third kappa shape index (κ3) is 1.98. The second-order valence-electron chi connectivity index (χ2n) is 9.73. The van der Waals surface area contributed by atoms with Crippen LogP contribution in [0.3, 0.4) is 0 Å². The van der Waals surface area contributed by atoms with Crippen LogP contribution in [-0.4, -0.2) is 29.1 Å². The van der Waals surface area contributed by atoms with Crippen molar-refractivity contribution in [1.82, 2.24) is 0 Å². The number of aliphatic hydroxyl groups is 1. The molecule has 0 bridgehead atoms. The van der Waals surface area contributed by atoms with Crippen LogP contribution in [0.5, 0.6) is 0 Å². The van der Waals surface area contributed by atoms with E-state index in [1.54, 1.807) is 0 Å². The average Bonchev–Trinajstić information content (AvgIpc) is 3.16. The van der Waals surface area contributed by atoms with Crippen LogP contribution in [0.15, 0.2) is 11.6 Å². The molecule has 8 atom stereocenters. The third-order valence-electron chi connectivity index (χ3n) is 8.77. The average molecular weight is 346 g/mol. The molecule has 25 heavy (non-hydrogen) atoms. The van der Waals surface area contributed by atoms with E-state index in [1.165, 1.54) is 18.9 Å². The molecule has 4 nitrogen and oxygen atoms in total. The van der Waals surface area contributed by atoms with Gasteiger partial charge in [-0.25, -0.2) is 0 Å². The summed E-state index contributed by atoms with van der Waals surface area (Å²) < 4.78 is 11.2. The summed E-state index contributed by atoms with van der Waals surface area (Å²) in [5, 5.41) is 10.8. The Hall–Kier alpha value is -0.870. The van der Waals surface area contributed by atoms with Gasteiger partial charge in [-0.3, -0.25) is 4.79 Å². The zero-order chi connectivity index (χ0) is 17.6. The number of fused-ring (bicyclic) bond motifs is 7. The maximum absolute atomic E-state index is 11.3. The van der Waals surface area contributed by atoms with Crippen molar-refractivity contribution in [3.63, 3.8) is 0 Å². The Morgan fingerprint density at radius 1 is 1.28 bits per heavy atom. The monoisotopic (exact) mass is 346 g/mol. The first-order chi connectivity index (χ1) is 11.8. The standard InChI is InChI=1S/C21H30O4/c1-12(22)24-14-6-8-19(2)13(10-14)4-5-15-16(19)7-9-20(3)17(15)11-18-21(20,23)25-18/h4,14-18,23H,5-11H2,1-3H3/t14-,15+,16+,17-,18-,19+,20+,21-/m1/s1. The number of carbonyl (C=O) groups is 1. The van der Waals surface area contributed by atoms with Gasteiger partial charge in [0.25, 0.3) is 0 Å². The number of rotatable bonds is 1. The molecule has 0 radical (unpaired) electrons. The molecule has 1 N–H and O–H groups in total. The predicted molar refractivity (Wildman–Crippen MR) is 92.5 cm³/mol. The second-order valence-corrected chi connectivity index (χ2v) is 9.73. The molecule has 5 rings (SSSR count). The molecule has 138 valence electrons. The minimum Gasteiger partial charge on any atom is -0.462 e. The fourth-order valence-electron chi connectivity index (χ4n) is 7.29. The molecule has 5 aliphatic rings. The summed E-state index contributed by atoms with van der Waals surface area (Å²) in [5.41, 5.74) is 1.71. The normalized spacial score (nSPS) is 56.0. The highest BCUT2D eigenvalue weighted by atomic mass is 16.7. The molecule has 3 saturated carbocycles. The van der Waals surface area contributed by atoms with Crippen LogP contribution in [0.25, 0.3) is 0 Å². The van der Waals surface area contributed by atoms with E-state index in [9.17, 15) is 9.90 Å². The highest BCUT2D eigenvalue weighted by molar-refractivity contribution is 5.66. The van der Waals surface area contributed by atoms with Crippen molar-refractivity contribution in [2.45, 2.75) is 83.7 Å². The second kappa shape index (κ2) is 4.89. The minimum atomic E-state index is -0.833. The van der Waals surface area contributed by atoms with Crippen LogP contribution in [-0.2, 0) is 14.3 Å². The molecular weight excluding hydrogens is 316 g/mol. The molecule has 1 saturated heterocycles. The van der Waals surface area contributed by atoms with Gasteiger partial charge >= 0.3 is 5.97 Å². The number of esters is 1. The summed E-state index contributed by atoms with van der Waals surface area (Å²) >= 11 is 0. The Morgan fingerprint density at radius 2 is 2.08 bits per heavy atom. The molecule has 0 spiro atoms. The molecule has 0 amide bonds. The lowest BCUT2D eigenvalue weighted by Crippen LogP contribution is -2.53. The Balaban J connectivity index is 1.42. The Kier molecular flexibility index (Phi) is 3.19. The van der Waals surface area contributed by atoms with Crippen molar-refractivity contribution in [2.24, 2.45) is 28.6 Å². The van der Waals surface area contributed by atoms with E-state index in [4.69, 9.17) is 9.47 Å². The van der Waals surface area contributed by atoms with Gasteiger partial charge in [-0.05, 0) is 61.7 Å². The summed E-state index contributed by atoms with van der Waals surface area (Å²) in [6.45, 7) is 6.22. The van der Waals surface area contributed by atoms with Crippen LogP contribution >= 0.6 is 0 Å². The van der Waals surface area contributed by atoms with Gasteiger partial charge in [-0.2, -0.15) is 0 Å². The van der Waals surface area contributed by atoms with Gasteiger partial charge in [0, 0.05) is 18.8 Å². The number of allylic oxidation sites excluding steroid dienone is 1. The van der Waals surface area contributed by atoms with Crippen LogP contribution in [0.1, 0.15) is 65.7 Å². The Bertz CT molecular complexity index is 656. The zero-order valence-electron chi connectivity index (χ0n) is 15.6. The van der Waals surface area contributed by atoms with Gasteiger partial charge in [0.15, 0.2) is 5.79 Å². The minimum absolute atomic E-state index is 0.0600. The molecule has 1 aliphatic heterocycles. The Morgan fingerprint density at radius 3 is 2.84 bits per heavy atom. The van der Waals surface area contributed by atoms with Crippen LogP contribution < -0.4 is 0 Å². The first-order valence-electron chi connectivity index (χ1n) is 10.0. The van der Waals surface area contributed by atoms with E-state index >= 15 is 0 Å². The predicted octanol–water partition coefficient (Wildman–Crippen LogP) is 3.58. The number of carbonyl (C=O) groups excluding carboxylic acids is 1. The molecule has 0 aromatic rings. The summed E-state index contributed by atoms with van der Waals surface area (Å²) in [7, 11) is 0. The molecule has 0 unspecified atom stereocenters. The van der Waals surface area contributed by atoms with Crippen LogP contribution in [0, 0.1) is 28.6 Å². The van der Waals surface area contributed by atoms with Gasteiger partial charge in [-0.1, -0.05) is 25.5 Å². The van der Waals surface area contributed by atoms with E-state index in [0.29, 0.717) is 17.8 Å². The van der Waals surface area contributed by atoms with Gasteiger partial charge in [-0.15, -0.1) is 0 Å². The smallest absolute Gasteiger partial charge is 0.302 e. The van der Waals surface area contributed by atoms with Crippen LogP contribution in [0.2, 0.25) is 0 Å². The fourth-order valence-corrected chi connectivity index (χ4v) is 7.29. The van der Waals surface area contributed by atoms with Crippen molar-refractivity contribution >= 4 is 5.97 Å². The first kappa shape index (κ1) is 16.3. The lowest BCUT2D eigenvalue weighted by molar-refractivity contribution is -0.155. The van der Waals surface area contributed by atoms with Crippen molar-refractivity contribution in [3.05, 3.63) is 11.6 Å². The third-order valence-corrected chi connectivity index (χ3v) is 8.77. The summed E-state index contributed by atoms with van der Waals surface area (Å²) in [4.78, 5) is 11.3. The molecule has 0 aromatic carbocycles. The maximum Gasteiger partial charge on any atom is 0.302 e. The van der Waals surface area contributed by atoms with E-state index in [1.807, 2.05) is 0 Å². The van der Waals surface area contributed by atoms with Crippen molar-refractivity contribution < 1.29 is 19.4 Å². The number of ether oxygens (including phenoxy) is 2. The van der Waals surface area contributed by atoms with Gasteiger partial charge in [0.2, 0.25) is 0 Å². The van der Waals surface area contributed by atoms with Gasteiger partial charge in [0.05, 0.1) is 0 Å². The lowest BCUT2D eigenvalue weighted by Gasteiger charge is -2.58. The lowest BCUT2D eigenvalue weighted by atomic mass is 9.47. The van der Waals surface area contributed by atoms with Crippen molar-refractivity contribution in [3.8, 4) is 0 Å².